The summed E-state index contributed by atoms with van der Waals surface area (Å²) in [7, 11) is 0. The maximum Gasteiger partial charge on any atom is 0.416 e. The van der Waals surface area contributed by atoms with Crippen LogP contribution in [-0.4, -0.2) is 35.4 Å². The van der Waals surface area contributed by atoms with Gasteiger partial charge in [0.1, 0.15) is 6.17 Å². The van der Waals surface area contributed by atoms with E-state index in [-0.39, 0.29) is 18.1 Å². The topological polar surface area (TPSA) is 32.3 Å². The molecule has 1 aromatic rings. The van der Waals surface area contributed by atoms with Crippen LogP contribution < -0.4 is 5.32 Å². The molecule has 1 N–H and O–H groups in total. The zero-order valence-electron chi connectivity index (χ0n) is 11.8. The molecule has 1 heterocycles. The first-order chi connectivity index (χ1) is 9.84. The molecule has 0 bridgehead atoms. The van der Waals surface area contributed by atoms with Gasteiger partial charge in [-0.3, -0.25) is 10.1 Å². The monoisotopic (exact) mass is 318 g/mol. The van der Waals surface area contributed by atoms with E-state index in [9.17, 15) is 18.0 Å². The number of carbonyl (C=O) groups excluding carboxylic acids is 1. The number of rotatable bonds is 4. The Kier molecular flexibility index (Phi) is 4.83. The van der Waals surface area contributed by atoms with Gasteiger partial charge in [0.2, 0.25) is 5.91 Å². The molecule has 1 saturated heterocycles. The van der Waals surface area contributed by atoms with Gasteiger partial charge in [0, 0.05) is 12.3 Å². The van der Waals surface area contributed by atoms with Gasteiger partial charge in [-0.15, -0.1) is 0 Å². The van der Waals surface area contributed by atoms with Gasteiger partial charge in [-0.2, -0.15) is 24.9 Å². The summed E-state index contributed by atoms with van der Waals surface area (Å²) in [5.41, 5.74) is -0.0129. The molecular weight excluding hydrogens is 301 g/mol. The summed E-state index contributed by atoms with van der Waals surface area (Å²) in [6.07, 6.45) is -2.75. The highest BCUT2D eigenvalue weighted by Crippen LogP contribution is 2.31. The number of benzene rings is 1. The molecule has 1 aromatic carbocycles. The molecule has 0 aromatic heterocycles. The summed E-state index contributed by atoms with van der Waals surface area (Å²) in [5.74, 6) is 0.769. The number of halogens is 3. The Bertz CT molecular complexity index is 504. The fourth-order valence-corrected chi connectivity index (χ4v) is 2.71. The van der Waals surface area contributed by atoms with Gasteiger partial charge in [-0.25, -0.2) is 0 Å². The van der Waals surface area contributed by atoms with Crippen molar-refractivity contribution < 1.29 is 18.0 Å². The van der Waals surface area contributed by atoms with Crippen molar-refractivity contribution in [3.05, 3.63) is 35.4 Å². The third kappa shape index (κ3) is 3.52. The van der Waals surface area contributed by atoms with Crippen molar-refractivity contribution in [2.75, 3.05) is 18.6 Å². The van der Waals surface area contributed by atoms with Crippen molar-refractivity contribution >= 4 is 17.7 Å². The number of hydrogen-bond acceptors (Lipinski definition) is 3. The molecular formula is C14H17F3N2OS. The lowest BCUT2D eigenvalue weighted by atomic mass is 10.1. The first kappa shape index (κ1) is 16.2. The Balaban J connectivity index is 2.21. The molecule has 0 radical (unpaired) electrons. The Morgan fingerprint density at radius 3 is 2.43 bits per heavy atom. The van der Waals surface area contributed by atoms with Gasteiger partial charge < -0.3 is 4.90 Å². The van der Waals surface area contributed by atoms with E-state index in [1.807, 2.05) is 6.26 Å². The van der Waals surface area contributed by atoms with Crippen LogP contribution in [0.2, 0.25) is 0 Å². The van der Waals surface area contributed by atoms with Crippen LogP contribution in [0.25, 0.3) is 0 Å². The molecule has 2 unspecified atom stereocenters. The third-order valence-corrected chi connectivity index (χ3v) is 4.05. The van der Waals surface area contributed by atoms with E-state index in [0.717, 1.165) is 17.9 Å². The van der Waals surface area contributed by atoms with Crippen molar-refractivity contribution in [2.45, 2.75) is 25.3 Å². The molecule has 0 spiro atoms. The second-order valence-corrected chi connectivity index (χ2v) is 5.92. The highest BCUT2D eigenvalue weighted by atomic mass is 32.2. The zero-order valence-corrected chi connectivity index (χ0v) is 12.6. The lowest BCUT2D eigenvalue weighted by Crippen LogP contribution is -2.32. The van der Waals surface area contributed by atoms with Crippen LogP contribution in [0.1, 0.15) is 24.2 Å². The number of nitrogens with zero attached hydrogens (tertiary/aromatic N) is 1. The van der Waals surface area contributed by atoms with Gasteiger partial charge in [0.25, 0.3) is 0 Å². The first-order valence-corrected chi connectivity index (χ1v) is 7.96. The van der Waals surface area contributed by atoms with Crippen molar-refractivity contribution in [1.82, 2.24) is 10.2 Å². The van der Waals surface area contributed by atoms with Gasteiger partial charge >= 0.3 is 6.18 Å². The maximum absolute atomic E-state index is 12.6. The molecule has 2 rings (SSSR count). The summed E-state index contributed by atoms with van der Waals surface area (Å²) in [5, 5.41) is 3.12. The van der Waals surface area contributed by atoms with Gasteiger partial charge in [0.15, 0.2) is 0 Å². The van der Waals surface area contributed by atoms with Crippen LogP contribution in [0.4, 0.5) is 13.2 Å². The zero-order chi connectivity index (χ0) is 15.6. The second kappa shape index (κ2) is 6.27. The van der Waals surface area contributed by atoms with E-state index in [2.05, 4.69) is 5.32 Å². The lowest BCUT2D eigenvalue weighted by molar-refractivity contribution is -0.137. The number of amides is 1. The molecule has 1 aliphatic heterocycles. The Labute approximate surface area is 125 Å². The molecule has 2 atom stereocenters. The minimum absolute atomic E-state index is 0.0195. The predicted octanol–water partition coefficient (Wildman–Crippen LogP) is 2.89. The summed E-state index contributed by atoms with van der Waals surface area (Å²) in [4.78, 5) is 13.8. The summed E-state index contributed by atoms with van der Waals surface area (Å²) < 4.78 is 37.7. The van der Waals surface area contributed by atoms with Gasteiger partial charge in [0.05, 0.1) is 11.6 Å². The van der Waals surface area contributed by atoms with E-state index in [1.54, 1.807) is 23.6 Å². The Morgan fingerprint density at radius 2 is 1.90 bits per heavy atom. The summed E-state index contributed by atoms with van der Waals surface area (Å²) in [6, 6.07) is 4.64. The van der Waals surface area contributed by atoms with Crippen molar-refractivity contribution in [3.63, 3.8) is 0 Å². The van der Waals surface area contributed by atoms with E-state index < -0.39 is 11.7 Å². The average Bonchev–Trinajstić information content (AvgIpc) is 2.72. The normalized spacial score (nSPS) is 22.9. The fraction of sp³-hybridized carbons (Fsp3) is 0.500. The van der Waals surface area contributed by atoms with E-state index in [1.165, 1.54) is 12.1 Å². The number of alkyl halides is 3. The van der Waals surface area contributed by atoms with Crippen LogP contribution in [0.5, 0.6) is 0 Å². The molecule has 0 aliphatic carbocycles. The van der Waals surface area contributed by atoms with Crippen molar-refractivity contribution in [3.8, 4) is 0 Å². The summed E-state index contributed by atoms with van der Waals surface area (Å²) >= 11 is 1.62. The Hall–Kier alpha value is -1.21. The number of thioether (sulfide) groups is 1. The van der Waals surface area contributed by atoms with E-state index in [0.29, 0.717) is 12.1 Å². The van der Waals surface area contributed by atoms with Crippen molar-refractivity contribution in [2.24, 2.45) is 0 Å². The quantitative estimate of drug-likeness (QED) is 0.926. The molecule has 7 heteroatoms. The fourth-order valence-electron chi connectivity index (χ4n) is 2.33. The number of nitrogens with one attached hydrogen (secondary N) is 1. The predicted molar refractivity (Wildman–Crippen MR) is 76.9 cm³/mol. The number of carbonyl (C=O) groups is 1. The van der Waals surface area contributed by atoms with Crippen LogP contribution in [0.3, 0.4) is 0 Å². The minimum atomic E-state index is -4.34. The molecule has 3 nitrogen and oxygen atoms in total. The lowest BCUT2D eigenvalue weighted by Gasteiger charge is -2.24. The van der Waals surface area contributed by atoms with Gasteiger partial charge in [-0.1, -0.05) is 12.1 Å². The van der Waals surface area contributed by atoms with E-state index in [4.69, 9.17) is 0 Å². The molecule has 21 heavy (non-hydrogen) atoms. The van der Waals surface area contributed by atoms with Crippen LogP contribution in [-0.2, 0) is 11.0 Å². The van der Waals surface area contributed by atoms with Crippen LogP contribution in [0, 0.1) is 0 Å². The molecule has 116 valence electrons. The minimum Gasteiger partial charge on any atom is -0.321 e. The smallest absolute Gasteiger partial charge is 0.321 e. The highest BCUT2D eigenvalue weighted by molar-refractivity contribution is 7.98. The van der Waals surface area contributed by atoms with Crippen molar-refractivity contribution in [1.29, 1.82) is 0 Å². The molecule has 1 fully saturated rings. The maximum atomic E-state index is 12.6. The standard InChI is InChI=1S/C14H17F3N2OS/c1-9-13(20)19(7-8-21-2)12(18-9)10-3-5-11(6-4-10)14(15,16)17/h3-6,9,12,18H,7-8H2,1-2H3. The number of hydrogen-bond donors (Lipinski definition) is 1. The highest BCUT2D eigenvalue weighted by Gasteiger charge is 2.37. The molecule has 1 amide bonds. The van der Waals surface area contributed by atoms with E-state index >= 15 is 0 Å². The largest absolute Gasteiger partial charge is 0.416 e. The third-order valence-electron chi connectivity index (χ3n) is 3.46. The SMILES string of the molecule is CSCCN1C(=O)C(C)NC1c1ccc(C(F)(F)F)cc1. The molecule has 1 aliphatic rings. The summed E-state index contributed by atoms with van der Waals surface area (Å²) in [6.45, 7) is 2.33. The average molecular weight is 318 g/mol. The van der Waals surface area contributed by atoms with Crippen LogP contribution in [0.15, 0.2) is 24.3 Å². The van der Waals surface area contributed by atoms with Crippen LogP contribution >= 0.6 is 11.8 Å². The first-order valence-electron chi connectivity index (χ1n) is 6.57. The molecule has 0 saturated carbocycles. The Morgan fingerprint density at radius 1 is 1.29 bits per heavy atom. The second-order valence-electron chi connectivity index (χ2n) is 4.94. The van der Waals surface area contributed by atoms with Gasteiger partial charge in [-0.05, 0) is 30.9 Å².